The van der Waals surface area contributed by atoms with Gasteiger partial charge in [0.05, 0.1) is 16.8 Å². The zero-order valence-corrected chi connectivity index (χ0v) is 18.3. The summed E-state index contributed by atoms with van der Waals surface area (Å²) >= 11 is 0. The topological polar surface area (TPSA) is 113 Å². The number of nitrogens with two attached hydrogens (primary N) is 1. The van der Waals surface area contributed by atoms with Crippen molar-refractivity contribution in [3.05, 3.63) is 65.5 Å². The molecule has 1 aromatic carbocycles. The number of nitriles is 1. The molecule has 0 atom stereocenters. The van der Waals surface area contributed by atoms with E-state index in [0.717, 1.165) is 49.2 Å². The number of aromatic nitrogens is 3. The second-order valence-electron chi connectivity index (χ2n) is 9.52. The number of carbonyl (C=O) groups excluding carboxylic acids is 1. The smallest absolute Gasteiger partial charge is 0.318 e. The maximum atomic E-state index is 13.1. The third-order valence-electron chi connectivity index (χ3n) is 7.61. The van der Waals surface area contributed by atoms with Crippen LogP contribution in [0.3, 0.4) is 0 Å². The van der Waals surface area contributed by atoms with Crippen LogP contribution in [-0.2, 0) is 17.5 Å². The number of aryl methyl sites for hydroxylation is 1. The number of rotatable bonds is 3. The third kappa shape index (κ3) is 2.99. The van der Waals surface area contributed by atoms with E-state index in [1.165, 1.54) is 5.56 Å². The van der Waals surface area contributed by atoms with Gasteiger partial charge in [0.25, 0.3) is 0 Å². The summed E-state index contributed by atoms with van der Waals surface area (Å²) in [6, 6.07) is 16.2. The van der Waals surface area contributed by atoms with Gasteiger partial charge >= 0.3 is 6.03 Å². The van der Waals surface area contributed by atoms with E-state index in [1.54, 1.807) is 12.3 Å². The zero-order valence-electron chi connectivity index (χ0n) is 18.3. The molecule has 2 aliphatic heterocycles. The van der Waals surface area contributed by atoms with Gasteiger partial charge in [0, 0.05) is 42.5 Å². The molecule has 3 N–H and O–H groups in total. The van der Waals surface area contributed by atoms with E-state index in [2.05, 4.69) is 34.6 Å². The fourth-order valence-corrected chi connectivity index (χ4v) is 5.51. The summed E-state index contributed by atoms with van der Waals surface area (Å²) in [5.74, 6) is 0.227. The maximum absolute atomic E-state index is 13.1. The largest absolute Gasteiger partial charge is 0.383 e. The highest BCUT2D eigenvalue weighted by Gasteiger charge is 2.52. The minimum Gasteiger partial charge on any atom is -0.383 e. The second kappa shape index (κ2) is 7.07. The number of nitrogen functional groups attached to an aromatic ring is 1. The van der Waals surface area contributed by atoms with Crippen LogP contribution in [0.1, 0.15) is 42.5 Å². The van der Waals surface area contributed by atoms with Crippen LogP contribution in [-0.4, -0.2) is 38.8 Å². The van der Waals surface area contributed by atoms with Crippen LogP contribution < -0.4 is 11.1 Å². The number of nitrogens with zero attached hydrogens (tertiary/aromatic N) is 5. The van der Waals surface area contributed by atoms with E-state index >= 15 is 0 Å². The molecule has 166 valence electrons. The van der Waals surface area contributed by atoms with Gasteiger partial charge in [0.2, 0.25) is 0 Å². The highest BCUT2D eigenvalue weighted by molar-refractivity contribution is 5.77. The molecule has 8 nitrogen and oxygen atoms in total. The molecular formula is C25H25N7O. The molecule has 1 aliphatic carbocycles. The van der Waals surface area contributed by atoms with Crippen LogP contribution in [0.2, 0.25) is 0 Å². The summed E-state index contributed by atoms with van der Waals surface area (Å²) < 4.78 is 2.03. The predicted octanol–water partition coefficient (Wildman–Crippen LogP) is 3.15. The Morgan fingerprint density at radius 2 is 1.94 bits per heavy atom. The van der Waals surface area contributed by atoms with Crippen molar-refractivity contribution in [3.8, 4) is 17.3 Å². The number of nitrogens with one attached hydrogen (secondary N) is 1. The number of fused-ring (bicyclic) bond motifs is 2. The summed E-state index contributed by atoms with van der Waals surface area (Å²) in [5.41, 5.74) is 9.74. The van der Waals surface area contributed by atoms with Gasteiger partial charge in [-0.2, -0.15) is 10.4 Å². The fraction of sp³-hybridized carbons (Fsp3) is 0.360. The molecular weight excluding hydrogens is 414 g/mol. The van der Waals surface area contributed by atoms with Gasteiger partial charge in [0.1, 0.15) is 11.9 Å². The lowest BCUT2D eigenvalue weighted by atomic mass is 9.71. The highest BCUT2D eigenvalue weighted by Crippen LogP contribution is 2.45. The molecule has 1 saturated carbocycles. The molecule has 3 aliphatic rings. The monoisotopic (exact) mass is 439 g/mol. The molecule has 1 saturated heterocycles. The first-order valence-corrected chi connectivity index (χ1v) is 11.4. The normalized spacial score (nSPS) is 19.3. The van der Waals surface area contributed by atoms with Crippen LogP contribution in [0.5, 0.6) is 0 Å². The number of anilines is 1. The standard InChI is InChI=1S/C25H25N7O/c26-13-17-11-18(14-28-22(17)27)20-12-21-24(9-10-32(21)30-20)15-31(16-24)23(33)29-25(7-4-8-25)19-5-2-1-3-6-19/h1-3,5-6,11-12,14H,4,7-10,15-16H2,(H2,27,28)(H,29,33). The minimum atomic E-state index is -0.230. The van der Waals surface area contributed by atoms with Gasteiger partial charge < -0.3 is 16.0 Å². The summed E-state index contributed by atoms with van der Waals surface area (Å²) in [6.45, 7) is 2.21. The molecule has 33 heavy (non-hydrogen) atoms. The van der Waals surface area contributed by atoms with E-state index in [9.17, 15) is 10.1 Å². The Bertz CT molecular complexity index is 1280. The number of carbonyl (C=O) groups is 1. The molecule has 0 bridgehead atoms. The second-order valence-corrected chi connectivity index (χ2v) is 9.52. The lowest BCUT2D eigenvalue weighted by Gasteiger charge is -2.50. The van der Waals surface area contributed by atoms with Crippen LogP contribution >= 0.6 is 0 Å². The maximum Gasteiger partial charge on any atom is 0.318 e. The highest BCUT2D eigenvalue weighted by atomic mass is 16.2. The summed E-state index contributed by atoms with van der Waals surface area (Å²) in [7, 11) is 0. The van der Waals surface area contributed by atoms with Gasteiger partial charge in [0.15, 0.2) is 0 Å². The average molecular weight is 440 g/mol. The average Bonchev–Trinajstić information content (AvgIpc) is 3.35. The molecule has 1 spiro atoms. The number of benzene rings is 1. The first kappa shape index (κ1) is 19.8. The number of likely N-dealkylation sites (tertiary alicyclic amines) is 1. The number of pyridine rings is 1. The molecule has 2 fully saturated rings. The minimum absolute atomic E-state index is 0.0174. The van der Waals surface area contributed by atoms with Crippen molar-refractivity contribution in [2.24, 2.45) is 0 Å². The predicted molar refractivity (Wildman–Crippen MR) is 123 cm³/mol. The van der Waals surface area contributed by atoms with Crippen molar-refractivity contribution in [2.75, 3.05) is 18.8 Å². The van der Waals surface area contributed by atoms with Crippen molar-refractivity contribution < 1.29 is 4.79 Å². The Kier molecular flexibility index (Phi) is 4.24. The van der Waals surface area contributed by atoms with Gasteiger partial charge in [-0.05, 0) is 43.4 Å². The number of hydrogen-bond acceptors (Lipinski definition) is 5. The SMILES string of the molecule is N#Cc1cc(-c2cc3n(n2)CCC32CN(C(=O)NC3(c4ccccc4)CCC3)C2)cnc1N. The van der Waals surface area contributed by atoms with Gasteiger partial charge in [-0.15, -0.1) is 0 Å². The van der Waals surface area contributed by atoms with Crippen LogP contribution in [0.4, 0.5) is 10.6 Å². The molecule has 3 aromatic rings. The van der Waals surface area contributed by atoms with Crippen LogP contribution in [0.25, 0.3) is 11.3 Å². The van der Waals surface area contributed by atoms with E-state index < -0.39 is 0 Å². The molecule has 8 heteroatoms. The summed E-state index contributed by atoms with van der Waals surface area (Å²) in [6.07, 6.45) is 5.74. The van der Waals surface area contributed by atoms with Crippen LogP contribution in [0, 0.1) is 11.3 Å². The fourth-order valence-electron chi connectivity index (χ4n) is 5.51. The van der Waals surface area contributed by atoms with E-state index in [1.807, 2.05) is 27.8 Å². The molecule has 0 unspecified atom stereocenters. The quantitative estimate of drug-likeness (QED) is 0.651. The lowest BCUT2D eigenvalue weighted by molar-refractivity contribution is 0.0767. The number of amides is 2. The Balaban J connectivity index is 1.18. The molecule has 2 aromatic heterocycles. The van der Waals surface area contributed by atoms with E-state index in [0.29, 0.717) is 18.7 Å². The van der Waals surface area contributed by atoms with Gasteiger partial charge in [-0.3, -0.25) is 4.68 Å². The van der Waals surface area contributed by atoms with Crippen molar-refractivity contribution in [3.63, 3.8) is 0 Å². The van der Waals surface area contributed by atoms with E-state index in [-0.39, 0.29) is 22.8 Å². The molecule has 2 amide bonds. The zero-order chi connectivity index (χ0) is 22.6. The van der Waals surface area contributed by atoms with Gasteiger partial charge in [-0.1, -0.05) is 30.3 Å². The summed E-state index contributed by atoms with van der Waals surface area (Å²) in [5, 5.41) is 17.3. The summed E-state index contributed by atoms with van der Waals surface area (Å²) in [4.78, 5) is 19.2. The number of hydrogen-bond donors (Lipinski definition) is 2. The van der Waals surface area contributed by atoms with Crippen molar-refractivity contribution in [1.29, 1.82) is 5.26 Å². The Morgan fingerprint density at radius 3 is 2.64 bits per heavy atom. The molecule has 0 radical (unpaired) electrons. The first-order chi connectivity index (χ1) is 16.0. The molecule has 4 heterocycles. The lowest BCUT2D eigenvalue weighted by Crippen LogP contribution is -2.65. The molecule has 6 rings (SSSR count). The van der Waals surface area contributed by atoms with Crippen LogP contribution in [0.15, 0.2) is 48.7 Å². The third-order valence-corrected chi connectivity index (χ3v) is 7.61. The van der Waals surface area contributed by atoms with E-state index in [4.69, 9.17) is 10.8 Å². The first-order valence-electron chi connectivity index (χ1n) is 11.4. The van der Waals surface area contributed by atoms with Crippen molar-refractivity contribution in [2.45, 2.75) is 43.2 Å². The van der Waals surface area contributed by atoms with Crippen molar-refractivity contribution >= 4 is 11.8 Å². The van der Waals surface area contributed by atoms with Gasteiger partial charge in [-0.25, -0.2) is 9.78 Å². The Hall–Kier alpha value is -3.86. The number of urea groups is 1. The Labute approximate surface area is 192 Å². The Morgan fingerprint density at radius 1 is 1.15 bits per heavy atom. The van der Waals surface area contributed by atoms with Crippen molar-refractivity contribution in [1.82, 2.24) is 25.0 Å².